The van der Waals surface area contributed by atoms with Crippen LogP contribution in [0, 0.1) is 20.8 Å². The van der Waals surface area contributed by atoms with Crippen LogP contribution >= 0.6 is 0 Å². The lowest BCUT2D eigenvalue weighted by atomic mass is 10.1. The highest BCUT2D eigenvalue weighted by molar-refractivity contribution is 7.91. The smallest absolute Gasteiger partial charge is 0.261 e. The third kappa shape index (κ3) is 4.91. The number of hydrogen-bond acceptors (Lipinski definition) is 5. The Bertz CT molecular complexity index is 932. The molecule has 2 heterocycles. The number of furan rings is 1. The summed E-state index contributed by atoms with van der Waals surface area (Å²) in [5, 5.41) is 0. The summed E-state index contributed by atoms with van der Waals surface area (Å²) in [5.74, 6) is 1.86. The molecule has 1 atom stereocenters. The Labute approximate surface area is 160 Å². The van der Waals surface area contributed by atoms with Gasteiger partial charge in [0.15, 0.2) is 16.4 Å². The Hall–Kier alpha value is -2.28. The molecule has 27 heavy (non-hydrogen) atoms. The second-order valence-electron chi connectivity index (χ2n) is 7.13. The first-order valence-electron chi connectivity index (χ1n) is 8.99. The molecule has 3 rings (SSSR count). The molecule has 1 amide bonds. The van der Waals surface area contributed by atoms with Crippen LogP contribution in [0.1, 0.15) is 29.1 Å². The number of amides is 1. The van der Waals surface area contributed by atoms with E-state index >= 15 is 0 Å². The summed E-state index contributed by atoms with van der Waals surface area (Å²) in [7, 11) is -3.10. The molecule has 0 unspecified atom stereocenters. The molecule has 0 radical (unpaired) electrons. The normalized spacial score (nSPS) is 18.4. The van der Waals surface area contributed by atoms with E-state index in [2.05, 4.69) is 0 Å². The van der Waals surface area contributed by atoms with Gasteiger partial charge < -0.3 is 14.1 Å². The number of aryl methyl sites for hydroxylation is 3. The van der Waals surface area contributed by atoms with E-state index in [4.69, 9.17) is 9.15 Å². The van der Waals surface area contributed by atoms with Crippen LogP contribution in [0.5, 0.6) is 5.75 Å². The van der Waals surface area contributed by atoms with Gasteiger partial charge in [0.25, 0.3) is 5.91 Å². The molecule has 146 valence electrons. The third-order valence-electron chi connectivity index (χ3n) is 4.93. The van der Waals surface area contributed by atoms with Gasteiger partial charge in [-0.05, 0) is 62.6 Å². The zero-order valence-corrected chi connectivity index (χ0v) is 16.7. The summed E-state index contributed by atoms with van der Waals surface area (Å²) in [6.45, 7) is 5.93. The maximum Gasteiger partial charge on any atom is 0.261 e. The molecule has 0 spiro atoms. The van der Waals surface area contributed by atoms with Crippen molar-refractivity contribution in [2.24, 2.45) is 0 Å². The Balaban J connectivity index is 1.72. The van der Waals surface area contributed by atoms with Crippen LogP contribution < -0.4 is 4.74 Å². The molecular weight excluding hydrogens is 366 g/mol. The minimum atomic E-state index is -3.10. The molecule has 1 fully saturated rings. The molecule has 2 aromatic rings. The zero-order valence-electron chi connectivity index (χ0n) is 15.9. The van der Waals surface area contributed by atoms with E-state index in [1.165, 1.54) is 0 Å². The molecule has 0 N–H and O–H groups in total. The van der Waals surface area contributed by atoms with Crippen molar-refractivity contribution < 1.29 is 22.4 Å². The van der Waals surface area contributed by atoms with Gasteiger partial charge in [-0.1, -0.05) is 6.07 Å². The van der Waals surface area contributed by atoms with Gasteiger partial charge in [-0.2, -0.15) is 0 Å². The van der Waals surface area contributed by atoms with E-state index in [0.29, 0.717) is 17.9 Å². The summed E-state index contributed by atoms with van der Waals surface area (Å²) >= 11 is 0. The number of carbonyl (C=O) groups excluding carboxylic acids is 1. The number of hydrogen-bond donors (Lipinski definition) is 0. The Kier molecular flexibility index (Phi) is 5.60. The fourth-order valence-electron chi connectivity index (χ4n) is 3.21. The molecule has 7 heteroatoms. The van der Waals surface area contributed by atoms with Gasteiger partial charge in [0.2, 0.25) is 0 Å². The maximum atomic E-state index is 12.8. The largest absolute Gasteiger partial charge is 0.484 e. The number of rotatable bonds is 6. The average molecular weight is 391 g/mol. The fourth-order valence-corrected chi connectivity index (χ4v) is 4.94. The first-order valence-corrected chi connectivity index (χ1v) is 10.8. The first-order chi connectivity index (χ1) is 12.7. The molecule has 0 aliphatic carbocycles. The summed E-state index contributed by atoms with van der Waals surface area (Å²) in [4.78, 5) is 14.4. The van der Waals surface area contributed by atoms with E-state index in [0.717, 1.165) is 16.9 Å². The van der Waals surface area contributed by atoms with Crippen molar-refractivity contribution in [3.63, 3.8) is 0 Å². The molecule has 1 aromatic heterocycles. The minimum Gasteiger partial charge on any atom is -0.484 e. The maximum absolute atomic E-state index is 12.8. The summed E-state index contributed by atoms with van der Waals surface area (Å²) in [6.07, 6.45) is 0.442. The molecule has 1 aromatic carbocycles. The number of nitrogens with zero attached hydrogens (tertiary/aromatic N) is 1. The lowest BCUT2D eigenvalue weighted by Crippen LogP contribution is -2.43. The molecular formula is C20H25NO5S. The van der Waals surface area contributed by atoms with Gasteiger partial charge in [0.05, 0.1) is 18.1 Å². The van der Waals surface area contributed by atoms with Gasteiger partial charge in [-0.3, -0.25) is 4.79 Å². The molecule has 0 saturated carbocycles. The quantitative estimate of drug-likeness (QED) is 0.757. The van der Waals surface area contributed by atoms with Crippen LogP contribution in [0.2, 0.25) is 0 Å². The molecule has 6 nitrogen and oxygen atoms in total. The topological polar surface area (TPSA) is 76.8 Å². The fraction of sp³-hybridized carbons (Fsp3) is 0.450. The second kappa shape index (κ2) is 7.76. The van der Waals surface area contributed by atoms with E-state index in [-0.39, 0.29) is 36.6 Å². The standard InChI is InChI=1S/C20H25NO5S/c1-14-4-6-18(10-15(14)2)25-12-20(22)21(11-19-7-5-16(3)26-19)17-8-9-27(23,24)13-17/h4-7,10,17H,8-9,11-13H2,1-3H3/t17-/m0/s1. The summed E-state index contributed by atoms with van der Waals surface area (Å²) in [5.41, 5.74) is 2.24. The van der Waals surface area contributed by atoms with Crippen molar-refractivity contribution in [2.45, 2.75) is 39.8 Å². The zero-order chi connectivity index (χ0) is 19.6. The van der Waals surface area contributed by atoms with Gasteiger partial charge in [-0.15, -0.1) is 0 Å². The summed E-state index contributed by atoms with van der Waals surface area (Å²) in [6, 6.07) is 8.95. The van der Waals surface area contributed by atoms with E-state index in [1.807, 2.05) is 51.1 Å². The Morgan fingerprint density at radius 2 is 1.96 bits per heavy atom. The van der Waals surface area contributed by atoms with Crippen molar-refractivity contribution in [1.29, 1.82) is 0 Å². The van der Waals surface area contributed by atoms with Gasteiger partial charge in [0, 0.05) is 6.04 Å². The number of sulfone groups is 1. The molecule has 1 aliphatic heterocycles. The highest BCUT2D eigenvalue weighted by atomic mass is 32.2. The first kappa shape index (κ1) is 19.5. The van der Waals surface area contributed by atoms with Crippen molar-refractivity contribution in [2.75, 3.05) is 18.1 Å². The molecule has 0 bridgehead atoms. The number of ether oxygens (including phenoxy) is 1. The minimum absolute atomic E-state index is 0.0118. The lowest BCUT2D eigenvalue weighted by molar-refractivity contribution is -0.136. The third-order valence-corrected chi connectivity index (χ3v) is 6.68. The molecule has 1 aliphatic rings. The number of benzene rings is 1. The van der Waals surface area contributed by atoms with Crippen molar-refractivity contribution in [3.8, 4) is 5.75 Å². The predicted molar refractivity (Wildman–Crippen MR) is 102 cm³/mol. The van der Waals surface area contributed by atoms with E-state index < -0.39 is 9.84 Å². The van der Waals surface area contributed by atoms with Crippen molar-refractivity contribution in [1.82, 2.24) is 4.90 Å². The Morgan fingerprint density at radius 1 is 1.19 bits per heavy atom. The van der Waals surface area contributed by atoms with Gasteiger partial charge in [-0.25, -0.2) is 8.42 Å². The van der Waals surface area contributed by atoms with Gasteiger partial charge in [0.1, 0.15) is 17.3 Å². The van der Waals surface area contributed by atoms with Crippen LogP contribution in [-0.2, 0) is 21.2 Å². The monoisotopic (exact) mass is 391 g/mol. The highest BCUT2D eigenvalue weighted by Gasteiger charge is 2.35. The van der Waals surface area contributed by atoms with Crippen LogP contribution in [0.4, 0.5) is 0 Å². The van der Waals surface area contributed by atoms with Crippen LogP contribution in [-0.4, -0.2) is 43.4 Å². The molecule has 1 saturated heterocycles. The van der Waals surface area contributed by atoms with Gasteiger partial charge >= 0.3 is 0 Å². The van der Waals surface area contributed by atoms with Crippen LogP contribution in [0.15, 0.2) is 34.7 Å². The van der Waals surface area contributed by atoms with E-state index in [1.54, 1.807) is 4.90 Å². The predicted octanol–water partition coefficient (Wildman–Crippen LogP) is 2.80. The van der Waals surface area contributed by atoms with E-state index in [9.17, 15) is 13.2 Å². The average Bonchev–Trinajstić information content (AvgIpc) is 3.18. The highest BCUT2D eigenvalue weighted by Crippen LogP contribution is 2.22. The Morgan fingerprint density at radius 3 is 2.56 bits per heavy atom. The second-order valence-corrected chi connectivity index (χ2v) is 9.35. The summed E-state index contributed by atoms with van der Waals surface area (Å²) < 4.78 is 35.0. The van der Waals surface area contributed by atoms with Crippen LogP contribution in [0.3, 0.4) is 0 Å². The SMILES string of the molecule is Cc1ccc(CN(C(=O)COc2ccc(C)c(C)c2)[C@H]2CCS(=O)(=O)C2)o1. The number of carbonyl (C=O) groups is 1. The van der Waals surface area contributed by atoms with Crippen LogP contribution in [0.25, 0.3) is 0 Å². The van der Waals surface area contributed by atoms with Crippen molar-refractivity contribution >= 4 is 15.7 Å². The lowest BCUT2D eigenvalue weighted by Gasteiger charge is -2.27. The van der Waals surface area contributed by atoms with Crippen molar-refractivity contribution in [3.05, 3.63) is 53.0 Å².